The monoisotopic (exact) mass is 178 g/mol. The number of aliphatic carboxylic acids is 1. The van der Waals surface area contributed by atoms with Crippen LogP contribution >= 0.6 is 0 Å². The van der Waals surface area contributed by atoms with Crippen molar-refractivity contribution >= 4 is 5.97 Å². The van der Waals surface area contributed by atoms with Crippen LogP contribution in [0.1, 0.15) is 1.43 Å². The average molecular weight is 178 g/mol. The van der Waals surface area contributed by atoms with Gasteiger partial charge in [0, 0.05) is 12.1 Å². The predicted octanol–water partition coefficient (Wildman–Crippen LogP) is -2.82. The summed E-state index contributed by atoms with van der Waals surface area (Å²) in [5.74, 6) is -0.823. The summed E-state index contributed by atoms with van der Waals surface area (Å²) in [6.07, 6.45) is 3.43. The van der Waals surface area contributed by atoms with E-state index in [1.54, 1.807) is 29.1 Å². The number of hydrogen-bond acceptors (Lipinski definition) is 1. The molecule has 1 rings (SSSR count). The van der Waals surface area contributed by atoms with Crippen molar-refractivity contribution in [3.63, 3.8) is 0 Å². The van der Waals surface area contributed by atoms with Crippen LogP contribution < -0.4 is 56.0 Å². The molecule has 1 N–H and O–H groups in total. The van der Waals surface area contributed by atoms with Gasteiger partial charge in [0.15, 0.2) is 12.4 Å². The minimum Gasteiger partial charge on any atom is -1.00 e. The third-order valence-electron chi connectivity index (χ3n) is 1.10. The van der Waals surface area contributed by atoms with E-state index < -0.39 is 5.97 Å². The molecule has 0 aromatic carbocycles. The van der Waals surface area contributed by atoms with Crippen LogP contribution in [0.25, 0.3) is 0 Å². The SMILES string of the molecule is O=C(O)C[n+]1ccccc1.[H-].[K+]. The minimum atomic E-state index is -0.823. The Morgan fingerprint density at radius 2 is 1.91 bits per heavy atom. The molecule has 0 radical (unpaired) electrons. The molecule has 3 nitrogen and oxygen atoms in total. The molecule has 0 aliphatic rings. The number of carboxylic acids is 1. The van der Waals surface area contributed by atoms with Gasteiger partial charge in [-0.1, -0.05) is 6.07 Å². The van der Waals surface area contributed by atoms with Gasteiger partial charge in [0.05, 0.1) is 0 Å². The summed E-state index contributed by atoms with van der Waals surface area (Å²) in [6, 6.07) is 5.43. The first-order valence-electron chi connectivity index (χ1n) is 2.95. The molecule has 1 heterocycles. The van der Waals surface area contributed by atoms with Gasteiger partial charge >= 0.3 is 57.4 Å². The molecule has 1 aromatic rings. The van der Waals surface area contributed by atoms with Crippen LogP contribution in [0.15, 0.2) is 30.6 Å². The maximum Gasteiger partial charge on any atom is 1.00 e. The summed E-state index contributed by atoms with van der Waals surface area (Å²) >= 11 is 0. The van der Waals surface area contributed by atoms with Crippen LogP contribution in [0.2, 0.25) is 0 Å². The summed E-state index contributed by atoms with van der Waals surface area (Å²) < 4.78 is 1.60. The van der Waals surface area contributed by atoms with Crippen molar-refractivity contribution in [1.82, 2.24) is 0 Å². The third kappa shape index (κ3) is 4.65. The first-order chi connectivity index (χ1) is 4.79. The van der Waals surface area contributed by atoms with Crippen LogP contribution in [-0.4, -0.2) is 11.1 Å². The van der Waals surface area contributed by atoms with E-state index in [0.717, 1.165) is 0 Å². The van der Waals surface area contributed by atoms with Crippen molar-refractivity contribution in [2.24, 2.45) is 0 Å². The molecular formula is C7H9KNO2+. The summed E-state index contributed by atoms with van der Waals surface area (Å²) in [4.78, 5) is 10.1. The molecule has 0 aliphatic carbocycles. The van der Waals surface area contributed by atoms with E-state index in [1.165, 1.54) is 0 Å². The van der Waals surface area contributed by atoms with E-state index >= 15 is 0 Å². The Balaban J connectivity index is 0. The minimum absolute atomic E-state index is 0. The number of rotatable bonds is 2. The average Bonchev–Trinajstić information content (AvgIpc) is 1.88. The second-order valence-corrected chi connectivity index (χ2v) is 1.94. The quantitative estimate of drug-likeness (QED) is 0.392. The molecule has 4 heteroatoms. The fraction of sp³-hybridized carbons (Fsp3) is 0.143. The standard InChI is InChI=1S/C7H7NO2.K.H/c9-7(10)6-8-4-2-1-3-5-8;;/h1-5H,6H2;;/q;+1;-1/p+1. The third-order valence-corrected chi connectivity index (χ3v) is 1.10. The van der Waals surface area contributed by atoms with E-state index in [2.05, 4.69) is 0 Å². The molecule has 0 saturated carbocycles. The fourth-order valence-electron chi connectivity index (χ4n) is 0.696. The molecule has 0 unspecified atom stereocenters. The van der Waals surface area contributed by atoms with E-state index in [4.69, 9.17) is 5.11 Å². The molecule has 0 spiro atoms. The predicted molar refractivity (Wildman–Crippen MR) is 35.4 cm³/mol. The van der Waals surface area contributed by atoms with Crippen LogP contribution in [0, 0.1) is 0 Å². The van der Waals surface area contributed by atoms with Crippen molar-refractivity contribution in [2.45, 2.75) is 6.54 Å². The maximum atomic E-state index is 10.1. The smallest absolute Gasteiger partial charge is 1.00 e. The van der Waals surface area contributed by atoms with Crippen molar-refractivity contribution in [3.05, 3.63) is 30.6 Å². The number of hydrogen-bond donors (Lipinski definition) is 1. The molecule has 0 saturated heterocycles. The number of nitrogens with zero attached hydrogens (tertiary/aromatic N) is 1. The van der Waals surface area contributed by atoms with Gasteiger partial charge in [-0.25, -0.2) is 4.79 Å². The van der Waals surface area contributed by atoms with Gasteiger partial charge in [0.1, 0.15) is 0 Å². The molecule has 1 aromatic heterocycles. The topological polar surface area (TPSA) is 41.2 Å². The summed E-state index contributed by atoms with van der Waals surface area (Å²) in [6.45, 7) is 0.0286. The van der Waals surface area contributed by atoms with Gasteiger partial charge in [-0.05, 0) is 0 Å². The Labute approximate surface area is 109 Å². The van der Waals surface area contributed by atoms with Gasteiger partial charge in [0.25, 0.3) is 0 Å². The Bertz CT molecular complexity index is 230. The van der Waals surface area contributed by atoms with Gasteiger partial charge in [-0.2, -0.15) is 4.57 Å². The molecule has 0 atom stereocenters. The summed E-state index contributed by atoms with van der Waals surface area (Å²) in [5, 5.41) is 8.35. The number of aromatic nitrogens is 1. The number of carbonyl (C=O) groups is 1. The zero-order valence-electron chi connectivity index (χ0n) is 7.40. The Hall–Kier alpha value is 0.256. The zero-order chi connectivity index (χ0) is 7.40. The maximum absolute atomic E-state index is 10.1. The Morgan fingerprint density at radius 3 is 2.36 bits per heavy atom. The molecule has 11 heavy (non-hydrogen) atoms. The Morgan fingerprint density at radius 1 is 1.36 bits per heavy atom. The summed E-state index contributed by atoms with van der Waals surface area (Å²) in [5.41, 5.74) is 0. The second-order valence-electron chi connectivity index (χ2n) is 1.94. The molecule has 54 valence electrons. The molecule has 0 fully saturated rings. The molecule has 0 amide bonds. The van der Waals surface area contributed by atoms with Crippen LogP contribution in [-0.2, 0) is 11.3 Å². The van der Waals surface area contributed by atoms with Crippen molar-refractivity contribution in [3.8, 4) is 0 Å². The van der Waals surface area contributed by atoms with Gasteiger partial charge in [-0.3, -0.25) is 0 Å². The molecule has 0 aliphatic heterocycles. The zero-order valence-corrected chi connectivity index (χ0v) is 9.52. The van der Waals surface area contributed by atoms with Crippen molar-refractivity contribution in [1.29, 1.82) is 0 Å². The summed E-state index contributed by atoms with van der Waals surface area (Å²) in [7, 11) is 0. The van der Waals surface area contributed by atoms with Gasteiger partial charge in [-0.15, -0.1) is 0 Å². The van der Waals surface area contributed by atoms with Crippen molar-refractivity contribution in [2.75, 3.05) is 0 Å². The molecular weight excluding hydrogens is 169 g/mol. The van der Waals surface area contributed by atoms with E-state index in [9.17, 15) is 4.79 Å². The first kappa shape index (κ1) is 11.3. The second kappa shape index (κ2) is 5.85. The Kier molecular flexibility index (Phi) is 5.99. The number of carboxylic acid groups (broad SMARTS) is 1. The van der Waals surface area contributed by atoms with Crippen LogP contribution in [0.3, 0.4) is 0 Å². The fourth-order valence-corrected chi connectivity index (χ4v) is 0.696. The number of pyridine rings is 1. The normalized spacial score (nSPS) is 8.36. The molecule has 0 bridgehead atoms. The largest absolute Gasteiger partial charge is 1.00 e. The van der Waals surface area contributed by atoms with Gasteiger partial charge < -0.3 is 6.53 Å². The van der Waals surface area contributed by atoms with E-state index in [0.29, 0.717) is 0 Å². The first-order valence-corrected chi connectivity index (χ1v) is 2.95. The van der Waals surface area contributed by atoms with E-state index in [-0.39, 0.29) is 59.4 Å². The van der Waals surface area contributed by atoms with Crippen LogP contribution in [0.4, 0.5) is 0 Å². The van der Waals surface area contributed by atoms with Gasteiger partial charge in [0.2, 0.25) is 6.54 Å². The van der Waals surface area contributed by atoms with E-state index in [1.807, 2.05) is 6.07 Å². The van der Waals surface area contributed by atoms with Crippen molar-refractivity contribution < 1.29 is 67.3 Å². The van der Waals surface area contributed by atoms with Crippen LogP contribution in [0.5, 0.6) is 0 Å².